The van der Waals surface area contributed by atoms with Gasteiger partial charge in [0.1, 0.15) is 34.5 Å². The third-order valence-electron chi connectivity index (χ3n) is 4.72. The summed E-state index contributed by atoms with van der Waals surface area (Å²) >= 11 is 0. The van der Waals surface area contributed by atoms with Crippen LogP contribution in [0.15, 0.2) is 106 Å². The summed E-state index contributed by atoms with van der Waals surface area (Å²) < 4.78 is 71.6. The number of aromatic hydroxyl groups is 2. The number of phenols is 2. The van der Waals surface area contributed by atoms with Crippen LogP contribution in [0.5, 0.6) is 34.5 Å². The van der Waals surface area contributed by atoms with Gasteiger partial charge in [-0.25, -0.2) is 8.42 Å². The van der Waals surface area contributed by atoms with Gasteiger partial charge >= 0.3 is 0 Å². The molecule has 0 fully saturated rings. The van der Waals surface area contributed by atoms with Gasteiger partial charge in [0.15, 0.2) is 4.90 Å². The van der Waals surface area contributed by atoms with Crippen molar-refractivity contribution in [1.82, 2.24) is 0 Å². The van der Waals surface area contributed by atoms with Crippen molar-refractivity contribution in [3.63, 3.8) is 0 Å². The van der Waals surface area contributed by atoms with Gasteiger partial charge in [0.05, 0.1) is 9.79 Å². The lowest BCUT2D eigenvalue weighted by Gasteiger charge is -2.17. The van der Waals surface area contributed by atoms with Crippen LogP contribution in [0, 0.1) is 0 Å². The van der Waals surface area contributed by atoms with Crippen LogP contribution in [0.2, 0.25) is 0 Å². The van der Waals surface area contributed by atoms with Crippen LogP contribution >= 0.6 is 0 Å². The summed E-state index contributed by atoms with van der Waals surface area (Å²) in [6, 6.07) is 19.8. The summed E-state index contributed by atoms with van der Waals surface area (Å²) in [5.41, 5.74) is 0. The molecule has 0 saturated carbocycles. The second-order valence-corrected chi connectivity index (χ2v) is 10.5. The molecule has 9 nitrogen and oxygen atoms in total. The van der Waals surface area contributed by atoms with Crippen LogP contribution in [-0.4, -0.2) is 31.6 Å². The van der Waals surface area contributed by atoms with Gasteiger partial charge in [0.2, 0.25) is 9.84 Å². The van der Waals surface area contributed by atoms with E-state index in [1.807, 2.05) is 0 Å². The maximum Gasteiger partial charge on any atom is 0.294 e. The largest absolute Gasteiger partial charge is 0.508 e. The molecule has 0 atom stereocenters. The quantitative estimate of drug-likeness (QED) is 0.297. The molecule has 0 saturated heterocycles. The minimum absolute atomic E-state index is 0.111. The Morgan fingerprint density at radius 2 is 1.03 bits per heavy atom. The van der Waals surface area contributed by atoms with Crippen molar-refractivity contribution >= 4 is 20.0 Å². The van der Waals surface area contributed by atoms with Gasteiger partial charge in [-0.1, -0.05) is 24.3 Å². The maximum atomic E-state index is 13.7. The predicted octanol–water partition coefficient (Wildman–Crippen LogP) is 4.76. The van der Waals surface area contributed by atoms with E-state index in [0.29, 0.717) is 0 Å². The summed E-state index contributed by atoms with van der Waals surface area (Å²) in [6.45, 7) is 0. The summed E-state index contributed by atoms with van der Waals surface area (Å²) in [5.74, 6) is -0.318. The number of rotatable bonds is 7. The van der Waals surface area contributed by atoms with E-state index in [1.54, 1.807) is 0 Å². The number of hydrogen-bond donors (Lipinski definition) is 3. The van der Waals surface area contributed by atoms with Crippen LogP contribution in [0.4, 0.5) is 0 Å². The molecule has 0 aliphatic carbocycles. The summed E-state index contributed by atoms with van der Waals surface area (Å²) in [4.78, 5) is -1.50. The van der Waals surface area contributed by atoms with Crippen molar-refractivity contribution in [2.75, 3.05) is 0 Å². The lowest BCUT2D eigenvalue weighted by molar-refractivity contribution is 0.426. The molecule has 0 aliphatic rings. The SMILES string of the molecule is O=S(=O)(O)c1cccc(S(=O)(=O)c2c(Oc3cccc(O)c3)cccc2Oc2cccc(O)c2)c1. The number of benzene rings is 4. The highest BCUT2D eigenvalue weighted by atomic mass is 32.2. The molecule has 0 aliphatic heterocycles. The van der Waals surface area contributed by atoms with Crippen LogP contribution < -0.4 is 9.47 Å². The van der Waals surface area contributed by atoms with Gasteiger partial charge in [-0.3, -0.25) is 4.55 Å². The standard InChI is InChI=1S/C24H18O9S2/c25-16-5-1-7-18(13-16)32-22-11-4-12-23(33-19-8-2-6-17(26)14-19)24(22)34(27,28)20-9-3-10-21(15-20)35(29,30)31/h1-15,25-26H,(H,29,30,31). The zero-order valence-corrected chi connectivity index (χ0v) is 19.4. The number of sulfone groups is 1. The minimum Gasteiger partial charge on any atom is -0.508 e. The third kappa shape index (κ3) is 5.38. The predicted molar refractivity (Wildman–Crippen MR) is 125 cm³/mol. The molecular formula is C24H18O9S2. The molecule has 4 rings (SSSR count). The molecule has 0 unspecified atom stereocenters. The Morgan fingerprint density at radius 3 is 1.51 bits per heavy atom. The first-order chi connectivity index (χ1) is 16.5. The highest BCUT2D eigenvalue weighted by Gasteiger charge is 2.29. The molecule has 0 amide bonds. The molecular weight excluding hydrogens is 496 g/mol. The summed E-state index contributed by atoms with van der Waals surface area (Å²) in [7, 11) is -9.17. The Balaban J connectivity index is 1.91. The van der Waals surface area contributed by atoms with Gasteiger partial charge in [-0.2, -0.15) is 8.42 Å². The van der Waals surface area contributed by atoms with Crippen LogP contribution in [0.25, 0.3) is 0 Å². The molecule has 4 aromatic carbocycles. The summed E-state index contributed by atoms with van der Waals surface area (Å²) in [5, 5.41) is 19.5. The van der Waals surface area contributed by atoms with Gasteiger partial charge in [0.25, 0.3) is 10.1 Å². The van der Waals surface area contributed by atoms with Gasteiger partial charge in [-0.15, -0.1) is 0 Å². The van der Waals surface area contributed by atoms with E-state index in [2.05, 4.69) is 0 Å². The average molecular weight is 515 g/mol. The van der Waals surface area contributed by atoms with E-state index in [4.69, 9.17) is 9.47 Å². The number of phenolic OH excluding ortho intramolecular Hbond substituents is 2. The summed E-state index contributed by atoms with van der Waals surface area (Å²) in [6.07, 6.45) is 0. The van der Waals surface area contributed by atoms with Crippen molar-refractivity contribution in [1.29, 1.82) is 0 Å². The van der Waals surface area contributed by atoms with Crippen molar-refractivity contribution in [3.05, 3.63) is 91.0 Å². The van der Waals surface area contributed by atoms with Gasteiger partial charge in [0, 0.05) is 12.1 Å². The second kappa shape index (κ2) is 9.29. The molecule has 0 bridgehead atoms. The lowest BCUT2D eigenvalue weighted by Crippen LogP contribution is -2.08. The first-order valence-corrected chi connectivity index (χ1v) is 12.9. The first kappa shape index (κ1) is 24.1. The molecule has 35 heavy (non-hydrogen) atoms. The Morgan fingerprint density at radius 1 is 0.571 bits per heavy atom. The van der Waals surface area contributed by atoms with Gasteiger partial charge in [-0.05, 0) is 54.6 Å². The molecule has 0 spiro atoms. The minimum atomic E-state index is -4.68. The number of ether oxygens (including phenoxy) is 2. The Kier molecular flexibility index (Phi) is 6.39. The van der Waals surface area contributed by atoms with Crippen molar-refractivity contribution in [3.8, 4) is 34.5 Å². The van der Waals surface area contributed by atoms with E-state index in [9.17, 15) is 31.6 Å². The van der Waals surface area contributed by atoms with Crippen molar-refractivity contribution < 1.29 is 41.1 Å². The van der Waals surface area contributed by atoms with E-state index in [-0.39, 0.29) is 34.5 Å². The first-order valence-electron chi connectivity index (χ1n) is 9.93. The molecule has 0 heterocycles. The maximum absolute atomic E-state index is 13.7. The topological polar surface area (TPSA) is 147 Å². The van der Waals surface area contributed by atoms with Gasteiger partial charge < -0.3 is 19.7 Å². The lowest BCUT2D eigenvalue weighted by atomic mass is 10.3. The molecule has 0 aromatic heterocycles. The Bertz CT molecular complexity index is 1550. The average Bonchev–Trinajstić information content (AvgIpc) is 2.79. The third-order valence-corrected chi connectivity index (χ3v) is 7.38. The van der Waals surface area contributed by atoms with E-state index in [0.717, 1.165) is 18.2 Å². The van der Waals surface area contributed by atoms with Crippen molar-refractivity contribution in [2.24, 2.45) is 0 Å². The fourth-order valence-corrected chi connectivity index (χ4v) is 5.31. The fourth-order valence-electron chi connectivity index (χ4n) is 3.19. The Hall–Kier alpha value is -4.06. The Labute approximate surface area is 201 Å². The van der Waals surface area contributed by atoms with E-state index < -0.39 is 34.6 Å². The molecule has 11 heteroatoms. The van der Waals surface area contributed by atoms with E-state index >= 15 is 0 Å². The molecule has 0 radical (unpaired) electrons. The molecule has 4 aromatic rings. The molecule has 180 valence electrons. The van der Waals surface area contributed by atoms with E-state index in [1.165, 1.54) is 72.8 Å². The second-order valence-electron chi connectivity index (χ2n) is 7.24. The zero-order valence-electron chi connectivity index (χ0n) is 17.8. The molecule has 3 N–H and O–H groups in total. The zero-order chi connectivity index (χ0) is 25.2. The monoisotopic (exact) mass is 514 g/mol. The van der Waals surface area contributed by atoms with Crippen LogP contribution in [-0.2, 0) is 20.0 Å². The highest BCUT2D eigenvalue weighted by molar-refractivity contribution is 7.91. The van der Waals surface area contributed by atoms with Crippen LogP contribution in [0.3, 0.4) is 0 Å². The number of hydrogen-bond acceptors (Lipinski definition) is 8. The fraction of sp³-hybridized carbons (Fsp3) is 0. The van der Waals surface area contributed by atoms with Crippen LogP contribution in [0.1, 0.15) is 0 Å². The normalized spacial score (nSPS) is 11.7. The smallest absolute Gasteiger partial charge is 0.294 e. The highest BCUT2D eigenvalue weighted by Crippen LogP contribution is 2.42. The van der Waals surface area contributed by atoms with Crippen molar-refractivity contribution in [2.45, 2.75) is 14.7 Å².